The molecule has 0 aliphatic rings. The first-order valence-electron chi connectivity index (χ1n) is 8.56. The van der Waals surface area contributed by atoms with Crippen LogP contribution in [-0.2, 0) is 10.5 Å². The van der Waals surface area contributed by atoms with Crippen molar-refractivity contribution in [3.05, 3.63) is 62.4 Å². The Morgan fingerprint density at radius 3 is 2.73 bits per heavy atom. The number of carbonyl (C=O) groups excluding carboxylic acids is 1. The number of ether oxygens (including phenoxy) is 1. The van der Waals surface area contributed by atoms with E-state index in [9.17, 15) is 13.6 Å². The van der Waals surface area contributed by atoms with Gasteiger partial charge in [-0.15, -0.1) is 22.0 Å². The molecule has 3 aromatic heterocycles. The van der Waals surface area contributed by atoms with E-state index in [1.165, 1.54) is 7.11 Å². The quantitative estimate of drug-likeness (QED) is 0.178. The van der Waals surface area contributed by atoms with Gasteiger partial charge >= 0.3 is 5.97 Å². The van der Waals surface area contributed by atoms with E-state index in [0.29, 0.717) is 26.4 Å². The van der Waals surface area contributed by atoms with E-state index in [0.717, 1.165) is 21.8 Å². The molecule has 4 rings (SSSR count). The molecule has 0 aliphatic heterocycles. The first-order valence-corrected chi connectivity index (χ1v) is 11.4. The van der Waals surface area contributed by atoms with Crippen LogP contribution in [0, 0.1) is 3.70 Å². The van der Waals surface area contributed by atoms with Crippen LogP contribution in [0.4, 0.5) is 8.78 Å². The second-order valence-electron chi connectivity index (χ2n) is 6.05. The van der Waals surface area contributed by atoms with Gasteiger partial charge in [-0.2, -0.15) is 0 Å². The third-order valence-electron chi connectivity index (χ3n) is 4.14. The number of benzene rings is 1. The zero-order valence-corrected chi connectivity index (χ0v) is 19.2. The van der Waals surface area contributed by atoms with Crippen molar-refractivity contribution in [2.45, 2.75) is 17.1 Å². The van der Waals surface area contributed by atoms with Crippen LogP contribution in [0.15, 0.2) is 47.5 Å². The monoisotopic (exact) mass is 558 g/mol. The van der Waals surface area contributed by atoms with Crippen LogP contribution in [0.1, 0.15) is 27.4 Å². The lowest BCUT2D eigenvalue weighted by Gasteiger charge is -2.09. The minimum Gasteiger partial charge on any atom is -0.465 e. The number of thioether (sulfide) groups is 1. The van der Waals surface area contributed by atoms with E-state index in [2.05, 4.69) is 15.2 Å². The minimum atomic E-state index is -2.70. The summed E-state index contributed by atoms with van der Waals surface area (Å²) < 4.78 is 33.1. The number of hydrogen-bond donors (Lipinski definition) is 0. The average Bonchev–Trinajstić information content (AvgIpc) is 3.37. The van der Waals surface area contributed by atoms with E-state index < -0.39 is 12.4 Å². The van der Waals surface area contributed by atoms with Crippen molar-refractivity contribution in [1.29, 1.82) is 0 Å². The van der Waals surface area contributed by atoms with E-state index in [1.807, 2.05) is 59.1 Å². The highest BCUT2D eigenvalue weighted by atomic mass is 127. The summed E-state index contributed by atoms with van der Waals surface area (Å²) in [5.74, 6) is 0.547. The van der Waals surface area contributed by atoms with E-state index in [-0.39, 0.29) is 10.0 Å². The van der Waals surface area contributed by atoms with Gasteiger partial charge in [0.15, 0.2) is 15.8 Å². The highest BCUT2D eigenvalue weighted by Gasteiger charge is 2.23. The Bertz CT molecular complexity index is 1210. The second-order valence-corrected chi connectivity index (χ2v) is 9.13. The Morgan fingerprint density at radius 2 is 2.07 bits per heavy atom. The van der Waals surface area contributed by atoms with Crippen molar-refractivity contribution >= 4 is 57.2 Å². The van der Waals surface area contributed by atoms with Gasteiger partial charge in [0.2, 0.25) is 0 Å². The van der Waals surface area contributed by atoms with Crippen molar-refractivity contribution in [3.63, 3.8) is 0 Å². The van der Waals surface area contributed by atoms with Crippen molar-refractivity contribution in [1.82, 2.24) is 19.6 Å². The molecule has 11 heteroatoms. The molecule has 1 aromatic carbocycles. The molecule has 30 heavy (non-hydrogen) atoms. The molecule has 0 aliphatic carbocycles. The lowest BCUT2D eigenvalue weighted by molar-refractivity contribution is 0.0602. The van der Waals surface area contributed by atoms with Gasteiger partial charge in [0.25, 0.3) is 6.43 Å². The zero-order valence-electron chi connectivity index (χ0n) is 15.4. The van der Waals surface area contributed by atoms with E-state index in [1.54, 1.807) is 22.2 Å². The number of aromatic nitrogens is 4. The van der Waals surface area contributed by atoms with Crippen LogP contribution in [0.5, 0.6) is 0 Å². The molecule has 0 atom stereocenters. The Morgan fingerprint density at radius 1 is 1.30 bits per heavy atom. The van der Waals surface area contributed by atoms with Crippen LogP contribution in [0.25, 0.3) is 16.3 Å². The number of halogens is 3. The van der Waals surface area contributed by atoms with Gasteiger partial charge in [0.1, 0.15) is 3.70 Å². The molecule has 154 valence electrons. The van der Waals surface area contributed by atoms with Crippen LogP contribution in [0.3, 0.4) is 0 Å². The molecule has 6 nitrogen and oxygen atoms in total. The number of imidazole rings is 1. The first-order chi connectivity index (χ1) is 14.5. The SMILES string of the molecule is COC(=O)c1cc(SCc2ccccc2)cn2c(-c3nnc(C(F)F)s3)nc(I)c12. The Balaban J connectivity index is 1.82. The third-order valence-corrected chi connectivity index (χ3v) is 6.85. The van der Waals surface area contributed by atoms with Gasteiger partial charge in [-0.1, -0.05) is 41.7 Å². The number of hydrogen-bond acceptors (Lipinski definition) is 7. The number of pyridine rings is 1. The van der Waals surface area contributed by atoms with Gasteiger partial charge in [-0.25, -0.2) is 18.6 Å². The second kappa shape index (κ2) is 8.94. The Labute approximate surface area is 191 Å². The summed E-state index contributed by atoms with van der Waals surface area (Å²) >= 11 is 4.32. The smallest absolute Gasteiger partial charge is 0.340 e. The fourth-order valence-corrected chi connectivity index (χ4v) is 5.17. The molecule has 0 saturated carbocycles. The predicted molar refractivity (Wildman–Crippen MR) is 119 cm³/mol. The highest BCUT2D eigenvalue weighted by molar-refractivity contribution is 14.1. The topological polar surface area (TPSA) is 69.4 Å². The maximum atomic E-state index is 13.0. The number of esters is 1. The fourth-order valence-electron chi connectivity index (χ4n) is 2.80. The zero-order chi connectivity index (χ0) is 21.3. The summed E-state index contributed by atoms with van der Waals surface area (Å²) in [6.07, 6.45) is -0.882. The van der Waals surface area contributed by atoms with Crippen molar-refractivity contribution in [2.75, 3.05) is 7.11 Å². The number of methoxy groups -OCH3 is 1. The van der Waals surface area contributed by atoms with Crippen LogP contribution in [0.2, 0.25) is 0 Å². The summed E-state index contributed by atoms with van der Waals surface area (Å²) in [7, 11) is 1.31. The molecule has 3 heterocycles. The molecule has 0 fully saturated rings. The highest BCUT2D eigenvalue weighted by Crippen LogP contribution is 2.34. The third kappa shape index (κ3) is 4.18. The number of carbonyl (C=O) groups is 1. The van der Waals surface area contributed by atoms with Gasteiger partial charge in [-0.3, -0.25) is 4.40 Å². The number of nitrogens with zero attached hydrogens (tertiary/aromatic N) is 4. The van der Waals surface area contributed by atoms with Gasteiger partial charge < -0.3 is 4.74 Å². The summed E-state index contributed by atoms with van der Waals surface area (Å²) in [6, 6.07) is 11.7. The lowest BCUT2D eigenvalue weighted by atomic mass is 10.2. The van der Waals surface area contributed by atoms with Crippen LogP contribution in [-0.4, -0.2) is 32.7 Å². The molecule has 0 radical (unpaired) electrons. The van der Waals surface area contributed by atoms with Crippen molar-refractivity contribution in [2.24, 2.45) is 0 Å². The van der Waals surface area contributed by atoms with Gasteiger partial charge in [0, 0.05) is 16.8 Å². The fraction of sp³-hybridized carbons (Fsp3) is 0.158. The molecule has 0 bridgehead atoms. The predicted octanol–water partition coefficient (Wildman–Crippen LogP) is 5.47. The molecule has 0 N–H and O–H groups in total. The normalized spacial score (nSPS) is 11.4. The Hall–Kier alpha value is -2.12. The summed E-state index contributed by atoms with van der Waals surface area (Å²) in [5, 5.41) is 7.29. The molecule has 0 unspecified atom stereocenters. The van der Waals surface area contributed by atoms with Crippen LogP contribution >= 0.6 is 45.7 Å². The summed E-state index contributed by atoms with van der Waals surface area (Å²) in [5.41, 5.74) is 2.01. The van der Waals surface area contributed by atoms with E-state index in [4.69, 9.17) is 4.74 Å². The standard InChI is InChI=1S/C19H13F2IN4O2S2/c1-28-19(27)12-7-11(29-9-10-5-3-2-4-6-10)8-26-13(12)15(22)23-16(26)18-25-24-17(30-18)14(20)21/h2-8,14H,9H2,1H3. The number of fused-ring (bicyclic) bond motifs is 1. The molecular formula is C19H13F2IN4O2S2. The maximum absolute atomic E-state index is 13.0. The summed E-state index contributed by atoms with van der Waals surface area (Å²) in [6.45, 7) is 0. The average molecular weight is 558 g/mol. The van der Waals surface area contributed by atoms with Crippen molar-refractivity contribution < 1.29 is 18.3 Å². The number of rotatable bonds is 6. The lowest BCUT2D eigenvalue weighted by Crippen LogP contribution is -2.05. The summed E-state index contributed by atoms with van der Waals surface area (Å²) in [4.78, 5) is 17.7. The molecule has 0 amide bonds. The maximum Gasteiger partial charge on any atom is 0.340 e. The van der Waals surface area contributed by atoms with Gasteiger partial charge in [-0.05, 0) is 34.2 Å². The number of alkyl halides is 2. The van der Waals surface area contributed by atoms with Crippen LogP contribution < -0.4 is 0 Å². The largest absolute Gasteiger partial charge is 0.465 e. The molecule has 0 saturated heterocycles. The molecule has 4 aromatic rings. The molecular weight excluding hydrogens is 545 g/mol. The Kier molecular flexibility index (Phi) is 6.29. The van der Waals surface area contributed by atoms with E-state index >= 15 is 0 Å². The van der Waals surface area contributed by atoms with Crippen molar-refractivity contribution in [3.8, 4) is 10.8 Å². The first kappa shape index (κ1) is 21.1. The molecule has 0 spiro atoms. The van der Waals surface area contributed by atoms with Gasteiger partial charge in [0.05, 0.1) is 18.2 Å². The minimum absolute atomic E-state index is 0.254.